The van der Waals surface area contributed by atoms with Crippen molar-refractivity contribution in [2.75, 3.05) is 0 Å². The average molecular weight is 280 g/mol. The summed E-state index contributed by atoms with van der Waals surface area (Å²) in [6.45, 7) is 1.98. The maximum Gasteiger partial charge on any atom is 0.174 e. The highest BCUT2D eigenvalue weighted by Gasteiger charge is 2.43. The second-order valence-corrected chi connectivity index (χ2v) is 7.91. The fraction of sp³-hybridized carbons (Fsp3) is 0.750. The van der Waals surface area contributed by atoms with Crippen LogP contribution in [-0.4, -0.2) is 27.0 Å². The molecule has 0 radical (unpaired) electrons. The van der Waals surface area contributed by atoms with E-state index < -0.39 is 0 Å². The normalized spacial score (nSPS) is 31.4. The van der Waals surface area contributed by atoms with Gasteiger partial charge in [0.25, 0.3) is 0 Å². The fourth-order valence-electron chi connectivity index (χ4n) is 2.45. The van der Waals surface area contributed by atoms with Gasteiger partial charge in [0.05, 0.1) is 6.07 Å². The number of nitriles is 1. The minimum atomic E-state index is -0.279. The molecule has 0 bridgehead atoms. The molecular weight excluding hydrogens is 264 g/mol. The summed E-state index contributed by atoms with van der Waals surface area (Å²) in [6, 6.07) is 3.11. The van der Waals surface area contributed by atoms with Crippen molar-refractivity contribution in [3.63, 3.8) is 0 Å². The van der Waals surface area contributed by atoms with Crippen LogP contribution in [0.2, 0.25) is 0 Å². The third-order valence-electron chi connectivity index (χ3n) is 3.52. The molecule has 1 heterocycles. The SMILES string of the molecule is Cc1nnc(SC2CCC(C#N)(NC3CC3)C2)s1. The lowest BCUT2D eigenvalue weighted by Gasteiger charge is -2.22. The molecule has 0 spiro atoms. The summed E-state index contributed by atoms with van der Waals surface area (Å²) in [5.74, 6) is 0. The van der Waals surface area contributed by atoms with Crippen LogP contribution in [0.3, 0.4) is 0 Å². The van der Waals surface area contributed by atoms with Gasteiger partial charge in [-0.25, -0.2) is 0 Å². The summed E-state index contributed by atoms with van der Waals surface area (Å²) in [5, 5.41) is 22.7. The Bertz CT molecular complexity index is 477. The van der Waals surface area contributed by atoms with Gasteiger partial charge in [-0.15, -0.1) is 10.2 Å². The molecule has 3 rings (SSSR count). The van der Waals surface area contributed by atoms with Gasteiger partial charge in [-0.1, -0.05) is 23.1 Å². The van der Waals surface area contributed by atoms with Gasteiger partial charge in [-0.3, -0.25) is 5.32 Å². The highest BCUT2D eigenvalue weighted by Crippen LogP contribution is 2.42. The molecule has 18 heavy (non-hydrogen) atoms. The molecule has 2 fully saturated rings. The minimum Gasteiger partial charge on any atom is -0.297 e. The lowest BCUT2D eigenvalue weighted by atomic mass is 10.00. The van der Waals surface area contributed by atoms with E-state index in [-0.39, 0.29) is 5.54 Å². The Morgan fingerprint density at radius 3 is 2.89 bits per heavy atom. The molecule has 2 aliphatic rings. The summed E-state index contributed by atoms with van der Waals surface area (Å²) >= 11 is 3.44. The monoisotopic (exact) mass is 280 g/mol. The maximum atomic E-state index is 9.43. The highest BCUT2D eigenvalue weighted by atomic mass is 32.2. The van der Waals surface area contributed by atoms with E-state index in [4.69, 9.17) is 0 Å². The van der Waals surface area contributed by atoms with Crippen LogP contribution in [-0.2, 0) is 0 Å². The van der Waals surface area contributed by atoms with Crippen LogP contribution in [0.5, 0.6) is 0 Å². The molecule has 0 saturated heterocycles. The zero-order valence-electron chi connectivity index (χ0n) is 10.3. The predicted octanol–water partition coefficient (Wildman–Crippen LogP) is 2.51. The fourth-order valence-corrected chi connectivity index (χ4v) is 4.81. The molecule has 4 nitrogen and oxygen atoms in total. The maximum absolute atomic E-state index is 9.43. The number of nitrogens with zero attached hydrogens (tertiary/aromatic N) is 3. The van der Waals surface area contributed by atoms with Gasteiger partial charge in [-0.2, -0.15) is 5.26 Å². The van der Waals surface area contributed by atoms with Crippen LogP contribution >= 0.6 is 23.1 Å². The smallest absolute Gasteiger partial charge is 0.174 e. The lowest BCUT2D eigenvalue weighted by Crippen LogP contribution is -2.43. The zero-order chi connectivity index (χ0) is 12.6. The molecule has 96 valence electrons. The number of thioether (sulfide) groups is 1. The topological polar surface area (TPSA) is 61.6 Å². The molecular formula is C12H16N4S2. The Labute approximate surface area is 115 Å². The minimum absolute atomic E-state index is 0.279. The molecule has 0 aliphatic heterocycles. The quantitative estimate of drug-likeness (QED) is 0.918. The van der Waals surface area contributed by atoms with Gasteiger partial charge < -0.3 is 0 Å². The molecule has 1 aromatic heterocycles. The van der Waals surface area contributed by atoms with Crippen molar-refractivity contribution in [3.8, 4) is 6.07 Å². The Hall–Kier alpha value is -0.640. The Morgan fingerprint density at radius 2 is 2.28 bits per heavy atom. The average Bonchev–Trinajstić information content (AvgIpc) is 2.93. The second kappa shape index (κ2) is 4.80. The molecule has 1 N–H and O–H groups in total. The number of rotatable bonds is 4. The van der Waals surface area contributed by atoms with E-state index in [1.165, 1.54) is 12.8 Å². The van der Waals surface area contributed by atoms with Crippen LogP contribution in [0.15, 0.2) is 4.34 Å². The van der Waals surface area contributed by atoms with E-state index in [2.05, 4.69) is 21.6 Å². The zero-order valence-corrected chi connectivity index (χ0v) is 12.0. The van der Waals surface area contributed by atoms with Crippen LogP contribution in [0.25, 0.3) is 0 Å². The first-order valence-corrected chi connectivity index (χ1v) is 8.04. The van der Waals surface area contributed by atoms with Crippen molar-refractivity contribution in [2.24, 2.45) is 0 Å². The van der Waals surface area contributed by atoms with Crippen molar-refractivity contribution < 1.29 is 0 Å². The summed E-state index contributed by atoms with van der Waals surface area (Å²) in [6.07, 6.45) is 5.46. The highest BCUT2D eigenvalue weighted by molar-refractivity contribution is 8.01. The summed E-state index contributed by atoms with van der Waals surface area (Å²) in [7, 11) is 0. The molecule has 0 aromatic carbocycles. The Morgan fingerprint density at radius 1 is 1.44 bits per heavy atom. The van der Waals surface area contributed by atoms with Gasteiger partial charge >= 0.3 is 0 Å². The third-order valence-corrected chi connectivity index (χ3v) is 5.71. The summed E-state index contributed by atoms with van der Waals surface area (Å²) in [4.78, 5) is 0. The van der Waals surface area contributed by atoms with Crippen LogP contribution in [0.4, 0.5) is 0 Å². The first-order chi connectivity index (χ1) is 8.69. The van der Waals surface area contributed by atoms with Gasteiger partial charge in [0.2, 0.25) is 0 Å². The molecule has 6 heteroatoms. The molecule has 2 aliphatic carbocycles. The van der Waals surface area contributed by atoms with Crippen molar-refractivity contribution in [2.45, 2.75) is 60.2 Å². The van der Waals surface area contributed by atoms with Crippen LogP contribution < -0.4 is 5.32 Å². The standard InChI is InChI=1S/C12H16N4S2/c1-8-15-16-11(17-8)18-10-4-5-12(6-10,7-13)14-9-2-3-9/h9-10,14H,2-6H2,1H3. The molecule has 2 unspecified atom stereocenters. The van der Waals surface area contributed by atoms with E-state index in [0.29, 0.717) is 11.3 Å². The van der Waals surface area contributed by atoms with Gasteiger partial charge in [-0.05, 0) is 39.0 Å². The van der Waals surface area contributed by atoms with E-state index in [9.17, 15) is 5.26 Å². The number of hydrogen-bond acceptors (Lipinski definition) is 6. The number of nitrogens with one attached hydrogen (secondary N) is 1. The first kappa shape index (κ1) is 12.4. The van der Waals surface area contributed by atoms with Crippen LogP contribution in [0, 0.1) is 18.3 Å². The molecule has 2 saturated carbocycles. The molecule has 1 aromatic rings. The number of hydrogen-bond donors (Lipinski definition) is 1. The van der Waals surface area contributed by atoms with Crippen molar-refractivity contribution in [3.05, 3.63) is 5.01 Å². The van der Waals surface area contributed by atoms with E-state index >= 15 is 0 Å². The van der Waals surface area contributed by atoms with Crippen molar-refractivity contribution >= 4 is 23.1 Å². The van der Waals surface area contributed by atoms with E-state index in [1.807, 2.05) is 6.92 Å². The predicted molar refractivity (Wildman–Crippen MR) is 72.6 cm³/mol. The Balaban J connectivity index is 1.61. The summed E-state index contributed by atoms with van der Waals surface area (Å²) in [5.41, 5.74) is -0.279. The number of aromatic nitrogens is 2. The first-order valence-electron chi connectivity index (χ1n) is 6.35. The molecule has 0 amide bonds. The van der Waals surface area contributed by atoms with Crippen molar-refractivity contribution in [1.82, 2.24) is 15.5 Å². The van der Waals surface area contributed by atoms with Crippen LogP contribution in [0.1, 0.15) is 37.1 Å². The molecule has 2 atom stereocenters. The largest absolute Gasteiger partial charge is 0.297 e. The van der Waals surface area contributed by atoms with E-state index in [1.54, 1.807) is 23.1 Å². The lowest BCUT2D eigenvalue weighted by molar-refractivity contribution is 0.420. The van der Waals surface area contributed by atoms with Gasteiger partial charge in [0.1, 0.15) is 10.5 Å². The van der Waals surface area contributed by atoms with Gasteiger partial charge in [0.15, 0.2) is 4.34 Å². The summed E-state index contributed by atoms with van der Waals surface area (Å²) < 4.78 is 1.04. The van der Waals surface area contributed by atoms with Crippen molar-refractivity contribution in [1.29, 1.82) is 5.26 Å². The van der Waals surface area contributed by atoms with E-state index in [0.717, 1.165) is 28.6 Å². The van der Waals surface area contributed by atoms with Gasteiger partial charge in [0, 0.05) is 11.3 Å². The Kier molecular flexibility index (Phi) is 3.31. The third kappa shape index (κ3) is 2.68. The second-order valence-electron chi connectivity index (χ2n) is 5.18. The number of aryl methyl sites for hydroxylation is 1.